The van der Waals surface area contributed by atoms with Crippen molar-refractivity contribution in [3.8, 4) is 10.6 Å². The third kappa shape index (κ3) is 2.24. The molecule has 3 aromatic rings. The number of fused-ring (bicyclic) bond motifs is 1. The number of thiazole rings is 1. The third-order valence-electron chi connectivity index (χ3n) is 2.58. The standard InChI is InChI=1S/C12H8ClFN4S/c1-15-10-3-2-6(11(14)18-10)12-17-7-5-16-9(13)4-8(7)19-12/h2-5H,1H3,(H,15,18). The van der Waals surface area contributed by atoms with Gasteiger partial charge < -0.3 is 5.32 Å². The number of anilines is 1. The fourth-order valence-corrected chi connectivity index (χ4v) is 2.87. The Balaban J connectivity index is 2.13. The van der Waals surface area contributed by atoms with Crippen molar-refractivity contribution in [1.29, 1.82) is 0 Å². The first-order valence-electron chi connectivity index (χ1n) is 5.44. The van der Waals surface area contributed by atoms with Crippen LogP contribution in [0.3, 0.4) is 0 Å². The van der Waals surface area contributed by atoms with E-state index in [1.165, 1.54) is 11.3 Å². The monoisotopic (exact) mass is 294 g/mol. The van der Waals surface area contributed by atoms with Gasteiger partial charge in [-0.25, -0.2) is 15.0 Å². The second-order valence-electron chi connectivity index (χ2n) is 3.78. The summed E-state index contributed by atoms with van der Waals surface area (Å²) in [5, 5.41) is 3.74. The quantitative estimate of drug-likeness (QED) is 0.734. The summed E-state index contributed by atoms with van der Waals surface area (Å²) in [5.41, 5.74) is 1.07. The normalized spacial score (nSPS) is 10.9. The van der Waals surface area contributed by atoms with Crippen LogP contribution < -0.4 is 5.32 Å². The molecular weight excluding hydrogens is 287 g/mol. The number of pyridine rings is 2. The van der Waals surface area contributed by atoms with Gasteiger partial charge in [0.25, 0.3) is 0 Å². The number of rotatable bonds is 2. The predicted molar refractivity (Wildman–Crippen MR) is 75.2 cm³/mol. The van der Waals surface area contributed by atoms with Gasteiger partial charge in [-0.05, 0) is 18.2 Å². The van der Waals surface area contributed by atoms with E-state index in [0.29, 0.717) is 27.1 Å². The molecule has 4 nitrogen and oxygen atoms in total. The summed E-state index contributed by atoms with van der Waals surface area (Å²) < 4.78 is 14.8. The number of nitrogens with zero attached hydrogens (tertiary/aromatic N) is 3. The Morgan fingerprint density at radius 2 is 2.16 bits per heavy atom. The molecule has 0 fully saturated rings. The molecule has 0 unspecified atom stereocenters. The van der Waals surface area contributed by atoms with Crippen molar-refractivity contribution >= 4 is 39.0 Å². The minimum Gasteiger partial charge on any atom is -0.373 e. The molecule has 0 bridgehead atoms. The van der Waals surface area contributed by atoms with E-state index in [1.54, 1.807) is 31.4 Å². The molecule has 7 heteroatoms. The Bertz CT molecular complexity index is 759. The molecule has 0 radical (unpaired) electrons. The summed E-state index contributed by atoms with van der Waals surface area (Å²) in [7, 11) is 1.69. The maximum absolute atomic E-state index is 13.9. The van der Waals surface area contributed by atoms with E-state index in [1.807, 2.05) is 0 Å². The molecule has 0 spiro atoms. The number of hydrogen-bond donors (Lipinski definition) is 1. The Morgan fingerprint density at radius 3 is 2.89 bits per heavy atom. The van der Waals surface area contributed by atoms with Crippen LogP contribution in [0.2, 0.25) is 5.15 Å². The number of aromatic nitrogens is 3. The van der Waals surface area contributed by atoms with Crippen LogP contribution in [0, 0.1) is 5.95 Å². The van der Waals surface area contributed by atoms with Gasteiger partial charge in [-0.3, -0.25) is 0 Å². The highest BCUT2D eigenvalue weighted by Gasteiger charge is 2.13. The molecule has 3 rings (SSSR count). The lowest BCUT2D eigenvalue weighted by atomic mass is 10.3. The minimum absolute atomic E-state index is 0.372. The van der Waals surface area contributed by atoms with Crippen molar-refractivity contribution in [1.82, 2.24) is 15.0 Å². The van der Waals surface area contributed by atoms with E-state index in [2.05, 4.69) is 20.3 Å². The maximum Gasteiger partial charge on any atom is 0.225 e. The summed E-state index contributed by atoms with van der Waals surface area (Å²) >= 11 is 7.17. The van der Waals surface area contributed by atoms with Gasteiger partial charge in [0, 0.05) is 7.05 Å². The molecule has 96 valence electrons. The Labute approximate surface area is 117 Å². The molecule has 3 heterocycles. The van der Waals surface area contributed by atoms with Crippen LogP contribution >= 0.6 is 22.9 Å². The molecule has 19 heavy (non-hydrogen) atoms. The van der Waals surface area contributed by atoms with Crippen molar-refractivity contribution in [3.63, 3.8) is 0 Å². The summed E-state index contributed by atoms with van der Waals surface area (Å²) in [4.78, 5) is 12.1. The molecule has 0 saturated heterocycles. The first-order valence-corrected chi connectivity index (χ1v) is 6.63. The summed E-state index contributed by atoms with van der Waals surface area (Å²) in [6.07, 6.45) is 1.57. The van der Waals surface area contributed by atoms with Gasteiger partial charge in [0.2, 0.25) is 5.95 Å². The predicted octanol–water partition coefficient (Wildman–Crippen LogP) is 3.59. The smallest absolute Gasteiger partial charge is 0.225 e. The summed E-state index contributed by atoms with van der Waals surface area (Å²) in [5.74, 6) is -0.0722. The van der Waals surface area contributed by atoms with E-state index >= 15 is 0 Å². The van der Waals surface area contributed by atoms with Gasteiger partial charge in [-0.1, -0.05) is 11.6 Å². The highest BCUT2D eigenvalue weighted by atomic mass is 35.5. The Kier molecular flexibility index (Phi) is 3.04. The van der Waals surface area contributed by atoms with Gasteiger partial charge in [0.15, 0.2) is 0 Å². The molecular formula is C12H8ClFN4S. The topological polar surface area (TPSA) is 50.7 Å². The van der Waals surface area contributed by atoms with E-state index < -0.39 is 5.95 Å². The zero-order valence-electron chi connectivity index (χ0n) is 9.82. The fraction of sp³-hybridized carbons (Fsp3) is 0.0833. The number of hydrogen-bond acceptors (Lipinski definition) is 5. The lowest BCUT2D eigenvalue weighted by molar-refractivity contribution is 0.589. The minimum atomic E-state index is -0.551. The Hall–Kier alpha value is -1.79. The average Bonchev–Trinajstić information content (AvgIpc) is 2.81. The molecule has 0 aliphatic carbocycles. The number of nitrogens with one attached hydrogen (secondary N) is 1. The van der Waals surface area contributed by atoms with Crippen LogP contribution in [0.5, 0.6) is 0 Å². The van der Waals surface area contributed by atoms with Crippen LogP contribution in [0.15, 0.2) is 24.4 Å². The van der Waals surface area contributed by atoms with Crippen molar-refractivity contribution in [2.75, 3.05) is 12.4 Å². The molecule has 0 aromatic carbocycles. The van der Waals surface area contributed by atoms with Crippen molar-refractivity contribution in [3.05, 3.63) is 35.5 Å². The zero-order chi connectivity index (χ0) is 13.4. The van der Waals surface area contributed by atoms with Crippen LogP contribution in [-0.2, 0) is 0 Å². The molecule has 1 N–H and O–H groups in total. The Morgan fingerprint density at radius 1 is 1.32 bits per heavy atom. The third-order valence-corrected chi connectivity index (χ3v) is 3.83. The van der Waals surface area contributed by atoms with E-state index in [-0.39, 0.29) is 0 Å². The van der Waals surface area contributed by atoms with E-state index in [4.69, 9.17) is 11.6 Å². The summed E-state index contributed by atoms with van der Waals surface area (Å²) in [6.45, 7) is 0. The van der Waals surface area contributed by atoms with Crippen LogP contribution in [0.25, 0.3) is 20.8 Å². The number of halogens is 2. The average molecular weight is 295 g/mol. The second-order valence-corrected chi connectivity index (χ2v) is 5.20. The largest absolute Gasteiger partial charge is 0.373 e. The lowest BCUT2D eigenvalue weighted by Gasteiger charge is -2.01. The second kappa shape index (κ2) is 4.71. The van der Waals surface area contributed by atoms with Gasteiger partial charge in [0.1, 0.15) is 21.5 Å². The first-order chi connectivity index (χ1) is 9.17. The first kappa shape index (κ1) is 12.3. The van der Waals surface area contributed by atoms with Gasteiger partial charge >= 0.3 is 0 Å². The van der Waals surface area contributed by atoms with E-state index in [0.717, 1.165) is 4.70 Å². The van der Waals surface area contributed by atoms with Crippen molar-refractivity contribution in [2.24, 2.45) is 0 Å². The molecule has 3 aromatic heterocycles. The van der Waals surface area contributed by atoms with Crippen molar-refractivity contribution < 1.29 is 4.39 Å². The van der Waals surface area contributed by atoms with Crippen molar-refractivity contribution in [2.45, 2.75) is 0 Å². The zero-order valence-corrected chi connectivity index (χ0v) is 11.4. The molecule has 0 saturated carbocycles. The highest BCUT2D eigenvalue weighted by molar-refractivity contribution is 7.21. The fourth-order valence-electron chi connectivity index (χ4n) is 1.66. The lowest BCUT2D eigenvalue weighted by Crippen LogP contribution is -1.95. The maximum atomic E-state index is 13.9. The molecule has 0 aliphatic rings. The van der Waals surface area contributed by atoms with Gasteiger partial charge in [-0.15, -0.1) is 11.3 Å². The highest BCUT2D eigenvalue weighted by Crippen LogP contribution is 2.32. The molecule has 0 aliphatic heterocycles. The van der Waals surface area contributed by atoms with E-state index in [9.17, 15) is 4.39 Å². The van der Waals surface area contributed by atoms with Crippen LogP contribution in [-0.4, -0.2) is 22.0 Å². The molecule has 0 atom stereocenters. The van der Waals surface area contributed by atoms with Crippen LogP contribution in [0.1, 0.15) is 0 Å². The van der Waals surface area contributed by atoms with Gasteiger partial charge in [0.05, 0.1) is 16.5 Å². The molecule has 0 amide bonds. The summed E-state index contributed by atoms with van der Waals surface area (Å²) in [6, 6.07) is 5.07. The SMILES string of the molecule is CNc1ccc(-c2nc3cnc(Cl)cc3s2)c(F)n1. The van der Waals surface area contributed by atoms with Gasteiger partial charge in [-0.2, -0.15) is 4.39 Å². The van der Waals surface area contributed by atoms with Crippen LogP contribution in [0.4, 0.5) is 10.2 Å².